The van der Waals surface area contributed by atoms with Crippen LogP contribution in [0, 0.1) is 0 Å². The molecule has 0 spiro atoms. The molecule has 1 fully saturated rings. The van der Waals surface area contributed by atoms with Crippen molar-refractivity contribution in [2.75, 3.05) is 51.4 Å². The zero-order valence-corrected chi connectivity index (χ0v) is 18.3. The standard InChI is InChI=1S/C19H27Cl2N3O3S/c1-28-12-5-17(23-18(25)15-4-3-14(20)13-16(15)21)19(26)22-6-2-7-24-8-10-27-11-9-24/h3-4,13,17H,2,5-12H2,1H3,(H,22,26)(H,23,25). The fourth-order valence-electron chi connectivity index (χ4n) is 2.88. The Labute approximate surface area is 180 Å². The summed E-state index contributed by atoms with van der Waals surface area (Å²) in [5.41, 5.74) is 0.306. The third-order valence-electron chi connectivity index (χ3n) is 4.46. The van der Waals surface area contributed by atoms with Gasteiger partial charge >= 0.3 is 0 Å². The van der Waals surface area contributed by atoms with E-state index in [0.29, 0.717) is 23.6 Å². The maximum absolute atomic E-state index is 12.6. The molecule has 1 heterocycles. The van der Waals surface area contributed by atoms with E-state index in [9.17, 15) is 9.59 Å². The van der Waals surface area contributed by atoms with E-state index in [4.69, 9.17) is 27.9 Å². The normalized spacial score (nSPS) is 15.8. The molecule has 0 aromatic heterocycles. The molecular weight excluding hydrogens is 421 g/mol. The number of nitrogens with one attached hydrogen (secondary N) is 2. The minimum Gasteiger partial charge on any atom is -0.379 e. The van der Waals surface area contributed by atoms with Gasteiger partial charge in [0.15, 0.2) is 0 Å². The SMILES string of the molecule is CSCCC(NC(=O)c1ccc(Cl)cc1Cl)C(=O)NCCCN1CCOCC1. The number of benzene rings is 1. The van der Waals surface area contributed by atoms with E-state index < -0.39 is 6.04 Å². The second-order valence-electron chi connectivity index (χ2n) is 6.53. The first-order chi connectivity index (χ1) is 13.5. The van der Waals surface area contributed by atoms with Gasteiger partial charge in [0.2, 0.25) is 5.91 Å². The molecule has 2 N–H and O–H groups in total. The first-order valence-electron chi connectivity index (χ1n) is 9.34. The predicted molar refractivity (Wildman–Crippen MR) is 116 cm³/mol. The Hall–Kier alpha value is -0.990. The first kappa shape index (κ1) is 23.3. The van der Waals surface area contributed by atoms with Gasteiger partial charge in [-0.15, -0.1) is 0 Å². The average Bonchev–Trinajstić information content (AvgIpc) is 2.69. The summed E-state index contributed by atoms with van der Waals surface area (Å²) in [7, 11) is 0. The van der Waals surface area contributed by atoms with Gasteiger partial charge in [0.05, 0.1) is 23.8 Å². The summed E-state index contributed by atoms with van der Waals surface area (Å²) in [6.07, 6.45) is 3.38. The van der Waals surface area contributed by atoms with Crippen molar-refractivity contribution in [3.8, 4) is 0 Å². The summed E-state index contributed by atoms with van der Waals surface area (Å²) in [4.78, 5) is 27.5. The predicted octanol–water partition coefficient (Wildman–Crippen LogP) is 2.68. The quantitative estimate of drug-likeness (QED) is 0.539. The lowest BCUT2D eigenvalue weighted by molar-refractivity contribution is -0.123. The van der Waals surface area contributed by atoms with E-state index in [1.54, 1.807) is 23.9 Å². The number of carbonyl (C=O) groups excluding carboxylic acids is 2. The molecule has 1 aromatic carbocycles. The molecule has 6 nitrogen and oxygen atoms in total. The fraction of sp³-hybridized carbons (Fsp3) is 0.579. The van der Waals surface area contributed by atoms with Crippen molar-refractivity contribution >= 4 is 46.8 Å². The lowest BCUT2D eigenvalue weighted by atomic mass is 10.1. The van der Waals surface area contributed by atoms with Gasteiger partial charge in [-0.05, 0) is 49.6 Å². The van der Waals surface area contributed by atoms with Crippen LogP contribution in [-0.2, 0) is 9.53 Å². The molecule has 2 rings (SSSR count). The van der Waals surface area contributed by atoms with Crippen LogP contribution in [0.25, 0.3) is 0 Å². The van der Waals surface area contributed by atoms with Crippen LogP contribution >= 0.6 is 35.0 Å². The highest BCUT2D eigenvalue weighted by atomic mass is 35.5. The summed E-state index contributed by atoms with van der Waals surface area (Å²) in [6.45, 7) is 4.89. The van der Waals surface area contributed by atoms with Crippen LogP contribution in [0.15, 0.2) is 18.2 Å². The molecule has 0 radical (unpaired) electrons. The number of ether oxygens (including phenoxy) is 1. The molecule has 1 aliphatic heterocycles. The van der Waals surface area contributed by atoms with Crippen molar-refractivity contribution in [1.82, 2.24) is 15.5 Å². The van der Waals surface area contributed by atoms with Gasteiger partial charge in [-0.3, -0.25) is 14.5 Å². The van der Waals surface area contributed by atoms with Crippen LogP contribution < -0.4 is 10.6 Å². The molecular formula is C19H27Cl2N3O3S. The number of rotatable bonds is 10. The first-order valence-corrected chi connectivity index (χ1v) is 11.5. The number of hydrogen-bond donors (Lipinski definition) is 2. The van der Waals surface area contributed by atoms with Crippen LogP contribution in [0.5, 0.6) is 0 Å². The summed E-state index contributed by atoms with van der Waals surface area (Å²) in [5.74, 6) is 0.214. The van der Waals surface area contributed by atoms with Gasteiger partial charge < -0.3 is 15.4 Å². The van der Waals surface area contributed by atoms with Crippen molar-refractivity contribution < 1.29 is 14.3 Å². The van der Waals surface area contributed by atoms with E-state index in [2.05, 4.69) is 15.5 Å². The number of carbonyl (C=O) groups is 2. The van der Waals surface area contributed by atoms with Gasteiger partial charge in [-0.25, -0.2) is 0 Å². The molecule has 1 atom stereocenters. The van der Waals surface area contributed by atoms with Crippen LogP contribution in [0.2, 0.25) is 10.0 Å². The van der Waals surface area contributed by atoms with Crippen molar-refractivity contribution in [1.29, 1.82) is 0 Å². The average molecular weight is 448 g/mol. The molecule has 0 saturated carbocycles. The van der Waals surface area contributed by atoms with E-state index >= 15 is 0 Å². The molecule has 0 bridgehead atoms. The second kappa shape index (κ2) is 12.5. The molecule has 9 heteroatoms. The lowest BCUT2D eigenvalue weighted by Gasteiger charge is -2.26. The number of halogens is 2. The van der Waals surface area contributed by atoms with Crippen molar-refractivity contribution in [2.45, 2.75) is 18.9 Å². The zero-order chi connectivity index (χ0) is 20.4. The highest BCUT2D eigenvalue weighted by Crippen LogP contribution is 2.21. The van der Waals surface area contributed by atoms with E-state index in [0.717, 1.165) is 45.0 Å². The maximum Gasteiger partial charge on any atom is 0.253 e. The second-order valence-corrected chi connectivity index (χ2v) is 8.36. The van der Waals surface area contributed by atoms with Crippen LogP contribution in [0.3, 0.4) is 0 Å². The molecule has 1 aromatic rings. The van der Waals surface area contributed by atoms with Gasteiger partial charge in [0, 0.05) is 24.7 Å². The van der Waals surface area contributed by atoms with Gasteiger partial charge in [-0.2, -0.15) is 11.8 Å². The number of morpholine rings is 1. The molecule has 156 valence electrons. The van der Waals surface area contributed by atoms with Gasteiger partial charge in [-0.1, -0.05) is 23.2 Å². The molecule has 28 heavy (non-hydrogen) atoms. The Kier molecular flexibility index (Phi) is 10.4. The van der Waals surface area contributed by atoms with E-state index in [1.807, 2.05) is 6.26 Å². The van der Waals surface area contributed by atoms with Crippen molar-refractivity contribution in [3.63, 3.8) is 0 Å². The number of nitrogens with zero attached hydrogens (tertiary/aromatic N) is 1. The third kappa shape index (κ3) is 7.79. The van der Waals surface area contributed by atoms with Crippen molar-refractivity contribution in [2.24, 2.45) is 0 Å². The topological polar surface area (TPSA) is 70.7 Å². The van der Waals surface area contributed by atoms with Gasteiger partial charge in [0.25, 0.3) is 5.91 Å². The zero-order valence-electron chi connectivity index (χ0n) is 16.0. The van der Waals surface area contributed by atoms with E-state index in [1.165, 1.54) is 6.07 Å². The molecule has 1 aliphatic rings. The molecule has 2 amide bonds. The van der Waals surface area contributed by atoms with Gasteiger partial charge in [0.1, 0.15) is 6.04 Å². The minimum absolute atomic E-state index is 0.172. The largest absolute Gasteiger partial charge is 0.379 e. The summed E-state index contributed by atoms with van der Waals surface area (Å²) in [6, 6.07) is 4.08. The molecule has 1 saturated heterocycles. The van der Waals surface area contributed by atoms with E-state index in [-0.39, 0.29) is 16.8 Å². The number of thioether (sulfide) groups is 1. The minimum atomic E-state index is -0.602. The highest BCUT2D eigenvalue weighted by molar-refractivity contribution is 7.98. The fourth-order valence-corrected chi connectivity index (χ4v) is 3.84. The summed E-state index contributed by atoms with van der Waals surface area (Å²) >= 11 is 13.6. The number of amides is 2. The Morgan fingerprint density at radius 1 is 1.29 bits per heavy atom. The summed E-state index contributed by atoms with van der Waals surface area (Å²) in [5, 5.41) is 6.46. The lowest BCUT2D eigenvalue weighted by Crippen LogP contribution is -2.47. The Morgan fingerprint density at radius 3 is 2.71 bits per heavy atom. The van der Waals surface area contributed by atoms with Crippen LogP contribution in [-0.4, -0.2) is 74.2 Å². The summed E-state index contributed by atoms with van der Waals surface area (Å²) < 4.78 is 5.33. The third-order valence-corrected chi connectivity index (χ3v) is 5.65. The highest BCUT2D eigenvalue weighted by Gasteiger charge is 2.22. The number of hydrogen-bond acceptors (Lipinski definition) is 5. The molecule has 1 unspecified atom stereocenters. The van der Waals surface area contributed by atoms with Crippen molar-refractivity contribution in [3.05, 3.63) is 33.8 Å². The van der Waals surface area contributed by atoms with Crippen LogP contribution in [0.4, 0.5) is 0 Å². The smallest absolute Gasteiger partial charge is 0.253 e. The molecule has 0 aliphatic carbocycles. The Morgan fingerprint density at radius 2 is 2.04 bits per heavy atom. The Bertz CT molecular complexity index is 657. The Balaban J connectivity index is 1.84. The maximum atomic E-state index is 12.6. The monoisotopic (exact) mass is 447 g/mol. The van der Waals surface area contributed by atoms with Crippen LogP contribution in [0.1, 0.15) is 23.2 Å².